The Kier molecular flexibility index (Phi) is 6.16. The first-order valence-corrected chi connectivity index (χ1v) is 11.6. The van der Waals surface area contributed by atoms with Crippen LogP contribution in [0.5, 0.6) is 28.7 Å². The highest BCUT2D eigenvalue weighted by Crippen LogP contribution is 2.51. The molecule has 3 aromatic rings. The number of rotatable bonds is 6. The zero-order chi connectivity index (χ0) is 24.5. The van der Waals surface area contributed by atoms with E-state index >= 15 is 0 Å². The molecule has 0 fully saturated rings. The molecule has 0 bridgehead atoms. The van der Waals surface area contributed by atoms with Crippen LogP contribution >= 0.6 is 0 Å². The fourth-order valence-electron chi connectivity index (χ4n) is 4.76. The van der Waals surface area contributed by atoms with Crippen molar-refractivity contribution in [3.63, 3.8) is 0 Å². The molecule has 0 N–H and O–H groups in total. The molecule has 5 rings (SSSR count). The fraction of sp³-hybridized carbons (Fsp3) is 0.321. The van der Waals surface area contributed by atoms with Crippen LogP contribution < -0.4 is 23.7 Å². The van der Waals surface area contributed by atoms with Crippen molar-refractivity contribution in [2.45, 2.75) is 32.0 Å². The van der Waals surface area contributed by atoms with Crippen molar-refractivity contribution in [3.8, 4) is 28.7 Å². The summed E-state index contributed by atoms with van der Waals surface area (Å²) in [6.45, 7) is 4.12. The molecule has 0 radical (unpaired) electrons. The number of carbonyl (C=O) groups is 1. The van der Waals surface area contributed by atoms with Crippen LogP contribution in [0, 0.1) is 5.92 Å². The molecular formula is C28H28O7. The highest BCUT2D eigenvalue weighted by molar-refractivity contribution is 5.77. The first kappa shape index (κ1) is 22.9. The van der Waals surface area contributed by atoms with E-state index in [1.54, 1.807) is 7.11 Å². The lowest BCUT2D eigenvalue weighted by Gasteiger charge is -2.39. The maximum Gasteiger partial charge on any atom is 0.313 e. The van der Waals surface area contributed by atoms with Crippen LogP contribution in [0.4, 0.5) is 0 Å². The average Bonchev–Trinajstić information content (AvgIpc) is 3.35. The van der Waals surface area contributed by atoms with Crippen LogP contribution in [0.3, 0.4) is 0 Å². The summed E-state index contributed by atoms with van der Waals surface area (Å²) in [5, 5.41) is 0. The first-order valence-electron chi connectivity index (χ1n) is 11.6. The van der Waals surface area contributed by atoms with E-state index in [2.05, 4.69) is 0 Å². The third-order valence-corrected chi connectivity index (χ3v) is 6.30. The molecule has 2 aliphatic heterocycles. The van der Waals surface area contributed by atoms with Gasteiger partial charge in [-0.1, -0.05) is 18.2 Å². The molecule has 0 aliphatic carbocycles. The van der Waals surface area contributed by atoms with Gasteiger partial charge in [0.05, 0.1) is 20.3 Å². The maximum atomic E-state index is 13.3. The van der Waals surface area contributed by atoms with Crippen molar-refractivity contribution in [2.75, 3.05) is 21.0 Å². The van der Waals surface area contributed by atoms with E-state index in [0.29, 0.717) is 23.0 Å². The topological polar surface area (TPSA) is 72.5 Å². The molecule has 0 spiro atoms. The van der Waals surface area contributed by atoms with Crippen molar-refractivity contribution >= 4 is 5.97 Å². The third kappa shape index (κ3) is 4.34. The Balaban J connectivity index is 1.67. The van der Waals surface area contributed by atoms with Gasteiger partial charge in [0.15, 0.2) is 11.5 Å². The molecule has 3 atom stereocenters. The predicted molar refractivity (Wildman–Crippen MR) is 128 cm³/mol. The number of carbonyl (C=O) groups excluding carboxylic acids is 1. The van der Waals surface area contributed by atoms with E-state index in [1.807, 2.05) is 74.5 Å². The standard InChI is InChI=1S/C28H28O7/c1-16(2)34-20-10-12-22-21(14-20)25(17-5-8-19(30-3)9-6-17)26(28(29)31-4)27(35-22)18-7-11-23-24(13-18)33-15-32-23/h5-14,16,25-27H,15H2,1-4H3/t25-,26-,27-/m1/s1. The number of esters is 1. The van der Waals surface area contributed by atoms with E-state index in [4.69, 9.17) is 28.4 Å². The summed E-state index contributed by atoms with van der Waals surface area (Å²) in [4.78, 5) is 13.3. The van der Waals surface area contributed by atoms with E-state index in [-0.39, 0.29) is 24.8 Å². The van der Waals surface area contributed by atoms with E-state index in [9.17, 15) is 4.79 Å². The second-order valence-corrected chi connectivity index (χ2v) is 8.82. The number of hydrogen-bond donors (Lipinski definition) is 0. The van der Waals surface area contributed by atoms with Gasteiger partial charge in [0.2, 0.25) is 6.79 Å². The SMILES string of the molecule is COC(=O)[C@@H]1[C@H](c2ccc(OC)cc2)c2cc(OC(C)C)ccc2O[C@@H]1c1ccc2c(c1)OCO2. The first-order chi connectivity index (χ1) is 17.0. The smallest absolute Gasteiger partial charge is 0.313 e. The Morgan fingerprint density at radius 2 is 1.54 bits per heavy atom. The normalized spacial score (nSPS) is 20.1. The minimum Gasteiger partial charge on any atom is -0.497 e. The van der Waals surface area contributed by atoms with Gasteiger partial charge >= 0.3 is 5.97 Å². The molecule has 35 heavy (non-hydrogen) atoms. The third-order valence-electron chi connectivity index (χ3n) is 6.30. The molecule has 0 unspecified atom stereocenters. The minimum atomic E-state index is -0.657. The molecular weight excluding hydrogens is 448 g/mol. The van der Waals surface area contributed by atoms with Gasteiger partial charge in [0.25, 0.3) is 0 Å². The summed E-state index contributed by atoms with van der Waals surface area (Å²) in [5.41, 5.74) is 2.61. The van der Waals surface area contributed by atoms with Crippen LogP contribution in [-0.4, -0.2) is 33.1 Å². The van der Waals surface area contributed by atoms with E-state index in [0.717, 1.165) is 22.4 Å². The van der Waals surface area contributed by atoms with Gasteiger partial charge in [0, 0.05) is 11.5 Å². The van der Waals surface area contributed by atoms with Gasteiger partial charge < -0.3 is 28.4 Å². The molecule has 7 heteroatoms. The van der Waals surface area contributed by atoms with Crippen molar-refractivity contribution < 1.29 is 33.2 Å². The quantitative estimate of drug-likeness (QED) is 0.449. The fourth-order valence-corrected chi connectivity index (χ4v) is 4.76. The highest BCUT2D eigenvalue weighted by Gasteiger charge is 2.45. The molecule has 3 aromatic carbocycles. The van der Waals surface area contributed by atoms with Gasteiger partial charge in [-0.25, -0.2) is 0 Å². The Labute approximate surface area is 204 Å². The summed E-state index contributed by atoms with van der Waals surface area (Å²) in [5.74, 6) is 2.06. The van der Waals surface area contributed by atoms with E-state index < -0.39 is 12.0 Å². The van der Waals surface area contributed by atoms with Crippen LogP contribution in [0.1, 0.15) is 42.6 Å². The minimum absolute atomic E-state index is 0.00906. The molecule has 0 amide bonds. The maximum absolute atomic E-state index is 13.3. The number of methoxy groups -OCH3 is 2. The number of ether oxygens (including phenoxy) is 6. The number of hydrogen-bond acceptors (Lipinski definition) is 7. The summed E-state index contributed by atoms with van der Waals surface area (Å²) < 4.78 is 34.2. The van der Waals surface area contributed by atoms with Gasteiger partial charge in [0.1, 0.15) is 29.3 Å². The molecule has 0 aromatic heterocycles. The Morgan fingerprint density at radius 3 is 2.26 bits per heavy atom. The zero-order valence-electron chi connectivity index (χ0n) is 20.1. The Hall–Kier alpha value is -3.87. The van der Waals surface area contributed by atoms with Crippen molar-refractivity contribution in [1.82, 2.24) is 0 Å². The van der Waals surface area contributed by atoms with Crippen molar-refractivity contribution in [3.05, 3.63) is 77.4 Å². The number of fused-ring (bicyclic) bond motifs is 2. The van der Waals surface area contributed by atoms with Gasteiger partial charge in [-0.2, -0.15) is 0 Å². The van der Waals surface area contributed by atoms with Gasteiger partial charge in [-0.05, 0) is 67.4 Å². The largest absolute Gasteiger partial charge is 0.497 e. The van der Waals surface area contributed by atoms with Gasteiger partial charge in [-0.3, -0.25) is 4.79 Å². The lowest BCUT2D eigenvalue weighted by Crippen LogP contribution is -2.36. The lowest BCUT2D eigenvalue weighted by atomic mass is 9.74. The Bertz CT molecular complexity index is 1220. The number of benzene rings is 3. The summed E-state index contributed by atoms with van der Waals surface area (Å²) in [6.07, 6.45) is -0.594. The van der Waals surface area contributed by atoms with Crippen LogP contribution in [0.15, 0.2) is 60.7 Å². The summed E-state index contributed by atoms with van der Waals surface area (Å²) >= 11 is 0. The second-order valence-electron chi connectivity index (χ2n) is 8.82. The Morgan fingerprint density at radius 1 is 0.857 bits per heavy atom. The summed E-state index contributed by atoms with van der Waals surface area (Å²) in [7, 11) is 3.03. The van der Waals surface area contributed by atoms with Crippen molar-refractivity contribution in [1.29, 1.82) is 0 Å². The van der Waals surface area contributed by atoms with Crippen LogP contribution in [-0.2, 0) is 9.53 Å². The van der Waals surface area contributed by atoms with Crippen LogP contribution in [0.25, 0.3) is 0 Å². The molecule has 7 nitrogen and oxygen atoms in total. The predicted octanol–water partition coefficient (Wildman–Crippen LogP) is 5.27. The average molecular weight is 477 g/mol. The zero-order valence-corrected chi connectivity index (χ0v) is 20.1. The second kappa shape index (κ2) is 9.41. The highest BCUT2D eigenvalue weighted by atomic mass is 16.7. The molecule has 182 valence electrons. The van der Waals surface area contributed by atoms with Crippen molar-refractivity contribution in [2.24, 2.45) is 5.92 Å². The van der Waals surface area contributed by atoms with E-state index in [1.165, 1.54) is 7.11 Å². The van der Waals surface area contributed by atoms with Gasteiger partial charge in [-0.15, -0.1) is 0 Å². The molecule has 0 saturated carbocycles. The monoisotopic (exact) mass is 476 g/mol. The van der Waals surface area contributed by atoms with Crippen LogP contribution in [0.2, 0.25) is 0 Å². The molecule has 2 aliphatic rings. The molecule has 0 saturated heterocycles. The lowest BCUT2D eigenvalue weighted by molar-refractivity contribution is -0.150. The molecule has 2 heterocycles. The summed E-state index contributed by atoms with van der Waals surface area (Å²) in [6, 6.07) is 19.1.